The average Bonchev–Trinajstić information content (AvgIpc) is 3.19. The summed E-state index contributed by atoms with van der Waals surface area (Å²) in [6, 6.07) is 9.80. The van der Waals surface area contributed by atoms with Gasteiger partial charge in [-0.25, -0.2) is 9.48 Å². The molecule has 0 radical (unpaired) electrons. The molecule has 0 fully saturated rings. The van der Waals surface area contributed by atoms with Crippen molar-refractivity contribution in [3.05, 3.63) is 47.9 Å². The molecule has 2 aromatic heterocycles. The van der Waals surface area contributed by atoms with Crippen LogP contribution in [0.5, 0.6) is 0 Å². The number of hydrogen-bond acceptors (Lipinski definition) is 5. The average molecular weight is 341 g/mol. The fraction of sp³-hybridized carbons (Fsp3) is 0.294. The number of aryl methyl sites for hydroxylation is 3. The van der Waals surface area contributed by atoms with E-state index in [-0.39, 0.29) is 13.0 Å². The predicted molar refractivity (Wildman–Crippen MR) is 90.3 cm³/mol. The van der Waals surface area contributed by atoms with Crippen molar-refractivity contribution in [2.45, 2.75) is 32.9 Å². The lowest BCUT2D eigenvalue weighted by Gasteiger charge is -2.06. The van der Waals surface area contributed by atoms with Gasteiger partial charge in [0.05, 0.1) is 17.6 Å². The first-order valence-electron chi connectivity index (χ1n) is 7.89. The summed E-state index contributed by atoms with van der Waals surface area (Å²) < 4.78 is 3.39. The molecule has 1 atom stereocenters. The number of carboxylic acids is 1. The summed E-state index contributed by atoms with van der Waals surface area (Å²) in [7, 11) is 0. The molecule has 3 aromatic rings. The minimum absolute atomic E-state index is 0.0733. The number of aliphatic hydroxyl groups is 1. The fourth-order valence-corrected chi connectivity index (χ4v) is 2.61. The molecule has 130 valence electrons. The lowest BCUT2D eigenvalue weighted by atomic mass is 10.1. The molecule has 0 amide bonds. The van der Waals surface area contributed by atoms with Gasteiger partial charge in [0.15, 0.2) is 6.10 Å². The SMILES string of the molecule is Cc1cc(C)n(-c2cccc(-c3cn(CC[C@H](O)C(=O)O)nn3)c2)n1. The standard InChI is InChI=1S/C17H19N5O3/c1-11-8-12(2)22(19-11)14-5-3-4-13(9-14)15-10-21(20-18-15)7-6-16(23)17(24)25/h3-5,8-10,16,23H,6-7H2,1-2H3,(H,24,25)/t16-/m0/s1. The highest BCUT2D eigenvalue weighted by Gasteiger charge is 2.14. The van der Waals surface area contributed by atoms with Crippen LogP contribution in [0.25, 0.3) is 16.9 Å². The molecule has 2 N–H and O–H groups in total. The first kappa shape index (κ1) is 16.8. The summed E-state index contributed by atoms with van der Waals surface area (Å²) in [5.74, 6) is -1.24. The summed E-state index contributed by atoms with van der Waals surface area (Å²) in [5, 5.41) is 30.6. The fourth-order valence-electron chi connectivity index (χ4n) is 2.61. The van der Waals surface area contributed by atoms with E-state index in [4.69, 9.17) is 5.11 Å². The third-order valence-electron chi connectivity index (χ3n) is 3.85. The Bertz CT molecular complexity index is 899. The lowest BCUT2D eigenvalue weighted by Crippen LogP contribution is -2.21. The minimum Gasteiger partial charge on any atom is -0.479 e. The first-order valence-corrected chi connectivity index (χ1v) is 7.89. The number of nitrogens with zero attached hydrogens (tertiary/aromatic N) is 5. The summed E-state index contributed by atoms with van der Waals surface area (Å²) >= 11 is 0. The number of hydrogen-bond donors (Lipinski definition) is 2. The predicted octanol–water partition coefficient (Wildman–Crippen LogP) is 1.58. The molecule has 8 heteroatoms. The zero-order valence-corrected chi connectivity index (χ0v) is 14.0. The molecule has 0 bridgehead atoms. The van der Waals surface area contributed by atoms with Crippen LogP contribution in [-0.2, 0) is 11.3 Å². The second kappa shape index (κ2) is 6.86. The topological polar surface area (TPSA) is 106 Å². The van der Waals surface area contributed by atoms with Crippen LogP contribution in [0.2, 0.25) is 0 Å². The van der Waals surface area contributed by atoms with Gasteiger partial charge in [-0.2, -0.15) is 5.10 Å². The smallest absolute Gasteiger partial charge is 0.332 e. The van der Waals surface area contributed by atoms with E-state index in [1.54, 1.807) is 6.20 Å². The summed E-state index contributed by atoms with van der Waals surface area (Å²) in [6.07, 6.45) is 0.403. The third kappa shape index (κ3) is 3.74. The zero-order valence-electron chi connectivity index (χ0n) is 14.0. The van der Waals surface area contributed by atoms with Crippen LogP contribution in [-0.4, -0.2) is 47.1 Å². The van der Waals surface area contributed by atoms with Gasteiger partial charge in [-0.1, -0.05) is 17.3 Å². The van der Waals surface area contributed by atoms with Gasteiger partial charge in [0, 0.05) is 24.2 Å². The lowest BCUT2D eigenvalue weighted by molar-refractivity contribution is -0.147. The largest absolute Gasteiger partial charge is 0.479 e. The highest BCUT2D eigenvalue weighted by atomic mass is 16.4. The molecule has 0 spiro atoms. The molecule has 8 nitrogen and oxygen atoms in total. The van der Waals surface area contributed by atoms with Crippen molar-refractivity contribution in [2.24, 2.45) is 0 Å². The summed E-state index contributed by atoms with van der Waals surface area (Å²) in [6.45, 7) is 4.22. The Morgan fingerprint density at radius 2 is 2.08 bits per heavy atom. The monoisotopic (exact) mass is 341 g/mol. The molecule has 0 saturated heterocycles. The molecule has 25 heavy (non-hydrogen) atoms. The Morgan fingerprint density at radius 1 is 1.28 bits per heavy atom. The van der Waals surface area contributed by atoms with E-state index in [0.717, 1.165) is 22.6 Å². The van der Waals surface area contributed by atoms with E-state index >= 15 is 0 Å². The van der Waals surface area contributed by atoms with Crippen molar-refractivity contribution in [2.75, 3.05) is 0 Å². The van der Waals surface area contributed by atoms with Crippen molar-refractivity contribution >= 4 is 5.97 Å². The number of benzene rings is 1. The Balaban J connectivity index is 1.80. The van der Waals surface area contributed by atoms with Gasteiger partial charge in [-0.15, -0.1) is 5.10 Å². The van der Waals surface area contributed by atoms with Gasteiger partial charge in [0.2, 0.25) is 0 Å². The number of rotatable bonds is 6. The van der Waals surface area contributed by atoms with E-state index in [2.05, 4.69) is 15.4 Å². The highest BCUT2D eigenvalue weighted by Crippen LogP contribution is 2.21. The molecule has 3 rings (SSSR count). The molecule has 0 unspecified atom stereocenters. The van der Waals surface area contributed by atoms with Gasteiger partial charge in [0.25, 0.3) is 0 Å². The van der Waals surface area contributed by atoms with Crippen molar-refractivity contribution in [3.8, 4) is 16.9 Å². The summed E-state index contributed by atoms with van der Waals surface area (Å²) in [5.41, 5.74) is 4.48. The molecule has 1 aromatic carbocycles. The number of carbonyl (C=O) groups is 1. The van der Waals surface area contributed by atoms with E-state index in [1.165, 1.54) is 4.68 Å². The van der Waals surface area contributed by atoms with Crippen LogP contribution in [0.15, 0.2) is 36.5 Å². The highest BCUT2D eigenvalue weighted by molar-refractivity contribution is 5.71. The van der Waals surface area contributed by atoms with Crippen molar-refractivity contribution < 1.29 is 15.0 Å². The maximum absolute atomic E-state index is 10.6. The van der Waals surface area contributed by atoms with Crippen LogP contribution in [0, 0.1) is 13.8 Å². The van der Waals surface area contributed by atoms with Crippen molar-refractivity contribution in [1.82, 2.24) is 24.8 Å². The van der Waals surface area contributed by atoms with Crippen LogP contribution in [0.1, 0.15) is 17.8 Å². The molecule has 2 heterocycles. The van der Waals surface area contributed by atoms with Crippen LogP contribution < -0.4 is 0 Å². The molecule has 0 aliphatic carbocycles. The maximum atomic E-state index is 10.6. The number of aromatic nitrogens is 5. The molecule has 0 aliphatic rings. The second-order valence-corrected chi connectivity index (χ2v) is 5.90. The Morgan fingerprint density at radius 3 is 2.76 bits per heavy atom. The van der Waals surface area contributed by atoms with E-state index < -0.39 is 12.1 Å². The van der Waals surface area contributed by atoms with E-state index in [1.807, 2.05) is 48.9 Å². The maximum Gasteiger partial charge on any atom is 0.332 e. The molecular formula is C17H19N5O3. The molecular weight excluding hydrogens is 322 g/mol. The summed E-state index contributed by atoms with van der Waals surface area (Å²) in [4.78, 5) is 10.6. The van der Waals surface area contributed by atoms with Gasteiger partial charge >= 0.3 is 5.97 Å². The Kier molecular flexibility index (Phi) is 4.62. The Hall–Kier alpha value is -3.00. The molecule has 0 saturated carbocycles. The molecule has 0 aliphatic heterocycles. The second-order valence-electron chi connectivity index (χ2n) is 5.90. The van der Waals surface area contributed by atoms with E-state index in [0.29, 0.717) is 5.69 Å². The number of carboxylic acid groups (broad SMARTS) is 1. The van der Waals surface area contributed by atoms with Crippen molar-refractivity contribution in [3.63, 3.8) is 0 Å². The van der Waals surface area contributed by atoms with Gasteiger partial charge in [0.1, 0.15) is 5.69 Å². The number of aliphatic hydroxyl groups excluding tert-OH is 1. The van der Waals surface area contributed by atoms with Crippen LogP contribution >= 0.6 is 0 Å². The van der Waals surface area contributed by atoms with E-state index in [9.17, 15) is 9.90 Å². The van der Waals surface area contributed by atoms with Crippen LogP contribution in [0.4, 0.5) is 0 Å². The normalized spacial score (nSPS) is 12.3. The van der Waals surface area contributed by atoms with Gasteiger partial charge in [-0.05, 0) is 32.0 Å². The first-order chi connectivity index (χ1) is 11.9. The minimum atomic E-state index is -1.40. The Labute approximate surface area is 144 Å². The number of aliphatic carboxylic acids is 1. The third-order valence-corrected chi connectivity index (χ3v) is 3.85. The zero-order chi connectivity index (χ0) is 18.0. The van der Waals surface area contributed by atoms with Crippen LogP contribution in [0.3, 0.4) is 0 Å². The quantitative estimate of drug-likeness (QED) is 0.705. The van der Waals surface area contributed by atoms with Gasteiger partial charge < -0.3 is 10.2 Å². The van der Waals surface area contributed by atoms with Crippen molar-refractivity contribution in [1.29, 1.82) is 0 Å². The van der Waals surface area contributed by atoms with Gasteiger partial charge in [-0.3, -0.25) is 4.68 Å².